The van der Waals surface area contributed by atoms with E-state index in [1.54, 1.807) is 19.0 Å². The van der Waals surface area contributed by atoms with Crippen molar-refractivity contribution >= 4 is 5.97 Å². The van der Waals surface area contributed by atoms with E-state index in [1.165, 1.54) is 17.5 Å². The number of nitrogens with zero attached hydrogens (tertiary/aromatic N) is 1. The first kappa shape index (κ1) is 11.1. The number of carboxylic acids is 1. The summed E-state index contributed by atoms with van der Waals surface area (Å²) in [5.74, 6) is -0.789. The smallest absolute Gasteiger partial charge is 0.325 e. The molecule has 86 valence electrons. The van der Waals surface area contributed by atoms with Gasteiger partial charge >= 0.3 is 5.97 Å². The van der Waals surface area contributed by atoms with E-state index in [0.29, 0.717) is 0 Å². The van der Waals surface area contributed by atoms with E-state index in [9.17, 15) is 9.90 Å². The summed E-state index contributed by atoms with van der Waals surface area (Å²) in [6.07, 6.45) is 3.41. The number of fused-ring (bicyclic) bond motifs is 1. The third-order valence-electron chi connectivity index (χ3n) is 3.19. The number of benzene rings is 1. The molecule has 0 amide bonds. The summed E-state index contributed by atoms with van der Waals surface area (Å²) in [7, 11) is 3.60. The molecule has 0 aliphatic heterocycles. The summed E-state index contributed by atoms with van der Waals surface area (Å²) < 4.78 is 0. The van der Waals surface area contributed by atoms with Crippen molar-refractivity contribution < 1.29 is 9.90 Å². The van der Waals surface area contributed by atoms with E-state index in [0.717, 1.165) is 18.4 Å². The molecule has 1 unspecified atom stereocenters. The Morgan fingerprint density at radius 1 is 1.31 bits per heavy atom. The molecule has 1 aliphatic carbocycles. The first-order chi connectivity index (χ1) is 7.59. The highest BCUT2D eigenvalue weighted by atomic mass is 16.4. The SMILES string of the molecule is CN(C)C(C(=O)O)c1ccc2c(c1)CCC2. The van der Waals surface area contributed by atoms with E-state index >= 15 is 0 Å². The van der Waals surface area contributed by atoms with Crippen LogP contribution in [0.25, 0.3) is 0 Å². The molecule has 0 fully saturated rings. The molecule has 0 heterocycles. The Labute approximate surface area is 95.7 Å². The second-order valence-electron chi connectivity index (χ2n) is 4.59. The van der Waals surface area contributed by atoms with Crippen molar-refractivity contribution in [3.63, 3.8) is 0 Å². The summed E-state index contributed by atoms with van der Waals surface area (Å²) in [5, 5.41) is 9.20. The highest BCUT2D eigenvalue weighted by molar-refractivity contribution is 5.75. The van der Waals surface area contributed by atoms with Crippen molar-refractivity contribution in [3.8, 4) is 0 Å². The number of carbonyl (C=O) groups is 1. The molecule has 0 saturated carbocycles. The fourth-order valence-corrected chi connectivity index (χ4v) is 2.42. The number of hydrogen-bond donors (Lipinski definition) is 1. The quantitative estimate of drug-likeness (QED) is 0.843. The Morgan fingerprint density at radius 3 is 2.62 bits per heavy atom. The van der Waals surface area contributed by atoms with Crippen LogP contribution in [0.1, 0.15) is 29.2 Å². The van der Waals surface area contributed by atoms with Gasteiger partial charge in [-0.1, -0.05) is 18.2 Å². The van der Waals surface area contributed by atoms with Gasteiger partial charge in [0.1, 0.15) is 6.04 Å². The van der Waals surface area contributed by atoms with Gasteiger partial charge in [0, 0.05) is 0 Å². The molecule has 1 atom stereocenters. The topological polar surface area (TPSA) is 40.5 Å². The Hall–Kier alpha value is -1.35. The Morgan fingerprint density at radius 2 is 2.00 bits per heavy atom. The van der Waals surface area contributed by atoms with Crippen molar-refractivity contribution in [3.05, 3.63) is 34.9 Å². The number of aliphatic carboxylic acids is 1. The summed E-state index contributed by atoms with van der Waals surface area (Å²) in [6, 6.07) is 5.55. The molecule has 1 aromatic carbocycles. The maximum absolute atomic E-state index is 11.2. The van der Waals surface area contributed by atoms with Crippen LogP contribution in [0.2, 0.25) is 0 Å². The average Bonchev–Trinajstić information content (AvgIpc) is 2.63. The number of rotatable bonds is 3. The van der Waals surface area contributed by atoms with Gasteiger partial charge in [0.2, 0.25) is 0 Å². The minimum Gasteiger partial charge on any atom is -0.480 e. The second kappa shape index (κ2) is 4.26. The highest BCUT2D eigenvalue weighted by Gasteiger charge is 2.23. The molecule has 0 radical (unpaired) electrons. The summed E-state index contributed by atoms with van der Waals surface area (Å²) >= 11 is 0. The van der Waals surface area contributed by atoms with Crippen molar-refractivity contribution in [2.24, 2.45) is 0 Å². The number of aryl methyl sites for hydroxylation is 2. The van der Waals surface area contributed by atoms with Gasteiger partial charge in [-0.2, -0.15) is 0 Å². The summed E-state index contributed by atoms with van der Waals surface area (Å²) in [4.78, 5) is 12.9. The Kier molecular flexibility index (Phi) is 2.97. The minimum atomic E-state index is -0.789. The largest absolute Gasteiger partial charge is 0.480 e. The van der Waals surface area contributed by atoms with E-state index in [2.05, 4.69) is 12.1 Å². The van der Waals surface area contributed by atoms with Crippen molar-refractivity contribution in [1.82, 2.24) is 4.90 Å². The molecular weight excluding hydrogens is 202 g/mol. The molecule has 3 nitrogen and oxygen atoms in total. The molecule has 0 aromatic heterocycles. The fraction of sp³-hybridized carbons (Fsp3) is 0.462. The van der Waals surface area contributed by atoms with Crippen LogP contribution in [0.4, 0.5) is 0 Å². The molecule has 1 aliphatic rings. The van der Waals surface area contributed by atoms with Gasteiger partial charge in [0.05, 0.1) is 0 Å². The van der Waals surface area contributed by atoms with Crippen molar-refractivity contribution in [2.45, 2.75) is 25.3 Å². The lowest BCUT2D eigenvalue weighted by Gasteiger charge is -2.21. The van der Waals surface area contributed by atoms with Gasteiger partial charge in [0.25, 0.3) is 0 Å². The predicted molar refractivity (Wildman–Crippen MR) is 62.5 cm³/mol. The first-order valence-corrected chi connectivity index (χ1v) is 5.60. The van der Waals surface area contributed by atoms with E-state index in [4.69, 9.17) is 0 Å². The van der Waals surface area contributed by atoms with Gasteiger partial charge in [-0.25, -0.2) is 0 Å². The molecule has 0 bridgehead atoms. The first-order valence-electron chi connectivity index (χ1n) is 5.60. The molecule has 0 saturated heterocycles. The fourth-order valence-electron chi connectivity index (χ4n) is 2.42. The monoisotopic (exact) mass is 219 g/mol. The maximum atomic E-state index is 11.2. The van der Waals surface area contributed by atoms with Gasteiger partial charge < -0.3 is 5.11 Å². The number of hydrogen-bond acceptors (Lipinski definition) is 2. The van der Waals surface area contributed by atoms with Gasteiger partial charge in [-0.3, -0.25) is 9.69 Å². The minimum absolute atomic E-state index is 0.536. The summed E-state index contributed by atoms with van der Waals surface area (Å²) in [6.45, 7) is 0. The molecule has 3 heteroatoms. The normalized spacial score (nSPS) is 16.2. The lowest BCUT2D eigenvalue weighted by Crippen LogP contribution is -2.27. The highest BCUT2D eigenvalue weighted by Crippen LogP contribution is 2.27. The number of likely N-dealkylation sites (N-methyl/N-ethyl adjacent to an activating group) is 1. The van der Waals surface area contributed by atoms with Crippen LogP contribution < -0.4 is 0 Å². The van der Waals surface area contributed by atoms with Crippen LogP contribution in [0.3, 0.4) is 0 Å². The zero-order chi connectivity index (χ0) is 11.7. The van der Waals surface area contributed by atoms with Crippen molar-refractivity contribution in [1.29, 1.82) is 0 Å². The Balaban J connectivity index is 2.35. The van der Waals surface area contributed by atoms with Crippen LogP contribution >= 0.6 is 0 Å². The van der Waals surface area contributed by atoms with Crippen LogP contribution in [0.5, 0.6) is 0 Å². The molecule has 1 N–H and O–H groups in total. The van der Waals surface area contributed by atoms with Gasteiger partial charge in [-0.15, -0.1) is 0 Å². The molecular formula is C13H17NO2. The Bertz CT molecular complexity index is 412. The third-order valence-corrected chi connectivity index (χ3v) is 3.19. The maximum Gasteiger partial charge on any atom is 0.325 e. The number of carboxylic acid groups (broad SMARTS) is 1. The van der Waals surface area contributed by atoms with Gasteiger partial charge in [-0.05, 0) is 50.0 Å². The van der Waals surface area contributed by atoms with Crippen LogP contribution in [-0.2, 0) is 17.6 Å². The zero-order valence-corrected chi connectivity index (χ0v) is 9.73. The molecule has 0 spiro atoms. The van der Waals surface area contributed by atoms with Crippen LogP contribution in [0, 0.1) is 0 Å². The van der Waals surface area contributed by atoms with Crippen molar-refractivity contribution in [2.75, 3.05) is 14.1 Å². The predicted octanol–water partition coefficient (Wildman–Crippen LogP) is 1.86. The molecule has 16 heavy (non-hydrogen) atoms. The van der Waals surface area contributed by atoms with Crippen LogP contribution in [-0.4, -0.2) is 30.1 Å². The molecule has 1 aromatic rings. The average molecular weight is 219 g/mol. The lowest BCUT2D eigenvalue weighted by molar-refractivity contribution is -0.142. The van der Waals surface area contributed by atoms with E-state index in [1.807, 2.05) is 6.07 Å². The second-order valence-corrected chi connectivity index (χ2v) is 4.59. The third kappa shape index (κ3) is 1.95. The van der Waals surface area contributed by atoms with E-state index < -0.39 is 12.0 Å². The van der Waals surface area contributed by atoms with E-state index in [-0.39, 0.29) is 0 Å². The van der Waals surface area contributed by atoms with Gasteiger partial charge in [0.15, 0.2) is 0 Å². The molecule has 2 rings (SSSR count). The lowest BCUT2D eigenvalue weighted by atomic mass is 10.0. The summed E-state index contributed by atoms with van der Waals surface area (Å²) in [5.41, 5.74) is 3.59. The zero-order valence-electron chi connectivity index (χ0n) is 9.73. The standard InChI is InChI=1S/C13H17NO2/c1-14(2)12(13(15)16)11-7-6-9-4-3-5-10(9)8-11/h6-8,12H,3-5H2,1-2H3,(H,15,16). The van der Waals surface area contributed by atoms with Crippen LogP contribution in [0.15, 0.2) is 18.2 Å².